The first-order valence-corrected chi connectivity index (χ1v) is 6.43. The topological polar surface area (TPSA) is 58.4 Å². The summed E-state index contributed by atoms with van der Waals surface area (Å²) in [6, 6.07) is 0.393. The lowest BCUT2D eigenvalue weighted by Crippen LogP contribution is -2.61. The zero-order valence-electron chi connectivity index (χ0n) is 10.2. The normalized spacial score (nSPS) is 30.1. The number of nitrogens with two attached hydrogens (primary N) is 1. The molecule has 1 saturated heterocycles. The van der Waals surface area contributed by atoms with Crippen LogP contribution in [0.15, 0.2) is 0 Å². The van der Waals surface area contributed by atoms with Crippen molar-refractivity contribution < 1.29 is 4.79 Å². The Hall–Kier alpha value is -0.610. The number of rotatable bonds is 1. The Morgan fingerprint density at radius 1 is 1.38 bits per heavy atom. The van der Waals surface area contributed by atoms with Gasteiger partial charge in [-0.15, -0.1) is 0 Å². The minimum absolute atomic E-state index is 0.181. The maximum Gasteiger partial charge on any atom is 0.242 e. The molecule has 2 fully saturated rings. The highest BCUT2D eigenvalue weighted by molar-refractivity contribution is 5.86. The molecule has 1 saturated carbocycles. The van der Waals surface area contributed by atoms with Gasteiger partial charge in [0.2, 0.25) is 5.91 Å². The average Bonchev–Trinajstić information content (AvgIpc) is 2.29. The number of nitrogens with zero attached hydrogens (tertiary/aromatic N) is 1. The number of carbonyl (C=O) groups excluding carboxylic acids is 1. The third-order valence-electron chi connectivity index (χ3n) is 3.83. The van der Waals surface area contributed by atoms with Crippen LogP contribution in [0.5, 0.6) is 0 Å². The molecule has 4 heteroatoms. The predicted octanol–water partition coefficient (Wildman–Crippen LogP) is 0.468. The van der Waals surface area contributed by atoms with E-state index in [9.17, 15) is 4.79 Å². The lowest BCUT2D eigenvalue weighted by atomic mass is 9.81. The van der Waals surface area contributed by atoms with E-state index in [1.54, 1.807) is 0 Å². The van der Waals surface area contributed by atoms with Crippen LogP contribution in [0.4, 0.5) is 0 Å². The molecule has 92 valence electrons. The third kappa shape index (κ3) is 2.38. The summed E-state index contributed by atoms with van der Waals surface area (Å²) in [5.41, 5.74) is 5.71. The van der Waals surface area contributed by atoms with Crippen molar-refractivity contribution in [2.45, 2.75) is 50.6 Å². The second-order valence-electron chi connectivity index (χ2n) is 5.32. The molecular weight excluding hydrogens is 202 g/mol. The zero-order chi connectivity index (χ0) is 11.6. The number of nitrogens with one attached hydrogen (secondary N) is 1. The molecule has 1 aliphatic carbocycles. The molecular formula is C12H23N3O. The van der Waals surface area contributed by atoms with Crippen LogP contribution in [0.1, 0.15) is 39.0 Å². The van der Waals surface area contributed by atoms with E-state index in [1.807, 2.05) is 4.90 Å². The Bertz CT molecular complexity index is 261. The number of carbonyl (C=O) groups is 1. The summed E-state index contributed by atoms with van der Waals surface area (Å²) in [6.07, 6.45) is 5.16. The van der Waals surface area contributed by atoms with Crippen molar-refractivity contribution in [3.63, 3.8) is 0 Å². The number of piperazine rings is 1. The first-order chi connectivity index (χ1) is 7.62. The Kier molecular flexibility index (Phi) is 3.50. The third-order valence-corrected chi connectivity index (χ3v) is 3.83. The highest BCUT2D eigenvalue weighted by Gasteiger charge is 2.39. The van der Waals surface area contributed by atoms with Crippen molar-refractivity contribution in [1.82, 2.24) is 10.2 Å². The molecule has 0 aromatic rings. The first kappa shape index (κ1) is 11.9. The van der Waals surface area contributed by atoms with Crippen LogP contribution >= 0.6 is 0 Å². The standard InChI is InChI=1S/C12H23N3O/c1-10-9-15(8-7-14-10)11(16)12(13)5-3-2-4-6-12/h10,14H,2-9,13H2,1H3. The Balaban J connectivity index is 1.99. The van der Waals surface area contributed by atoms with E-state index in [1.165, 1.54) is 6.42 Å². The molecule has 1 unspecified atom stereocenters. The van der Waals surface area contributed by atoms with Gasteiger partial charge in [0, 0.05) is 25.7 Å². The van der Waals surface area contributed by atoms with Crippen LogP contribution < -0.4 is 11.1 Å². The van der Waals surface area contributed by atoms with Gasteiger partial charge in [-0.1, -0.05) is 19.3 Å². The monoisotopic (exact) mass is 225 g/mol. The highest BCUT2D eigenvalue weighted by atomic mass is 16.2. The molecule has 16 heavy (non-hydrogen) atoms. The molecule has 0 aromatic heterocycles. The van der Waals surface area contributed by atoms with Gasteiger partial charge in [0.1, 0.15) is 0 Å². The van der Waals surface area contributed by atoms with Gasteiger partial charge in [-0.3, -0.25) is 4.79 Å². The summed E-state index contributed by atoms with van der Waals surface area (Å²) >= 11 is 0. The average molecular weight is 225 g/mol. The first-order valence-electron chi connectivity index (χ1n) is 6.43. The van der Waals surface area contributed by atoms with E-state index in [4.69, 9.17) is 5.73 Å². The van der Waals surface area contributed by atoms with Gasteiger partial charge in [0.05, 0.1) is 5.54 Å². The van der Waals surface area contributed by atoms with E-state index < -0.39 is 5.54 Å². The van der Waals surface area contributed by atoms with E-state index in [0.29, 0.717) is 6.04 Å². The summed E-state index contributed by atoms with van der Waals surface area (Å²) in [7, 11) is 0. The summed E-state index contributed by atoms with van der Waals surface area (Å²) < 4.78 is 0. The van der Waals surface area contributed by atoms with Crippen LogP contribution in [0.3, 0.4) is 0 Å². The van der Waals surface area contributed by atoms with Crippen LogP contribution in [0.2, 0.25) is 0 Å². The molecule has 1 aliphatic heterocycles. The van der Waals surface area contributed by atoms with Crippen molar-refractivity contribution in [2.24, 2.45) is 5.73 Å². The fraction of sp³-hybridized carbons (Fsp3) is 0.917. The smallest absolute Gasteiger partial charge is 0.242 e. The maximum atomic E-state index is 12.4. The minimum Gasteiger partial charge on any atom is -0.338 e. The minimum atomic E-state index is -0.560. The SMILES string of the molecule is CC1CN(C(=O)C2(N)CCCCC2)CCN1. The summed E-state index contributed by atoms with van der Waals surface area (Å²) in [4.78, 5) is 14.3. The summed E-state index contributed by atoms with van der Waals surface area (Å²) in [6.45, 7) is 4.62. The van der Waals surface area contributed by atoms with E-state index >= 15 is 0 Å². The number of hydrogen-bond donors (Lipinski definition) is 2. The second kappa shape index (κ2) is 4.72. The van der Waals surface area contributed by atoms with Crippen LogP contribution in [-0.2, 0) is 4.79 Å². The summed E-state index contributed by atoms with van der Waals surface area (Å²) in [5.74, 6) is 0.181. The zero-order valence-corrected chi connectivity index (χ0v) is 10.2. The van der Waals surface area contributed by atoms with Crippen molar-refractivity contribution in [1.29, 1.82) is 0 Å². The van der Waals surface area contributed by atoms with E-state index in [-0.39, 0.29) is 5.91 Å². The van der Waals surface area contributed by atoms with Crippen LogP contribution in [0.25, 0.3) is 0 Å². The Morgan fingerprint density at radius 3 is 2.69 bits per heavy atom. The number of hydrogen-bond acceptors (Lipinski definition) is 3. The largest absolute Gasteiger partial charge is 0.338 e. The van der Waals surface area contributed by atoms with Crippen LogP contribution in [0, 0.1) is 0 Å². The molecule has 1 atom stereocenters. The fourth-order valence-corrected chi connectivity index (χ4v) is 2.83. The predicted molar refractivity (Wildman–Crippen MR) is 64.0 cm³/mol. The highest BCUT2D eigenvalue weighted by Crippen LogP contribution is 2.27. The molecule has 1 amide bonds. The Morgan fingerprint density at radius 2 is 2.06 bits per heavy atom. The van der Waals surface area contributed by atoms with Crippen molar-refractivity contribution in [3.05, 3.63) is 0 Å². The van der Waals surface area contributed by atoms with Crippen molar-refractivity contribution in [3.8, 4) is 0 Å². The lowest BCUT2D eigenvalue weighted by molar-refractivity contribution is -0.139. The van der Waals surface area contributed by atoms with Gasteiger partial charge in [0.25, 0.3) is 0 Å². The number of amides is 1. The molecule has 4 nitrogen and oxygen atoms in total. The van der Waals surface area contributed by atoms with Gasteiger partial charge >= 0.3 is 0 Å². The van der Waals surface area contributed by atoms with Gasteiger partial charge in [-0.25, -0.2) is 0 Å². The second-order valence-corrected chi connectivity index (χ2v) is 5.32. The maximum absolute atomic E-state index is 12.4. The van der Waals surface area contributed by atoms with Crippen molar-refractivity contribution in [2.75, 3.05) is 19.6 Å². The Labute approximate surface area is 97.6 Å². The molecule has 2 aliphatic rings. The van der Waals surface area contributed by atoms with Gasteiger partial charge in [-0.05, 0) is 19.8 Å². The molecule has 0 spiro atoms. The lowest BCUT2D eigenvalue weighted by Gasteiger charge is -2.40. The molecule has 0 radical (unpaired) electrons. The van der Waals surface area contributed by atoms with E-state index in [0.717, 1.165) is 45.3 Å². The van der Waals surface area contributed by atoms with Gasteiger partial charge in [0.15, 0.2) is 0 Å². The van der Waals surface area contributed by atoms with Crippen molar-refractivity contribution >= 4 is 5.91 Å². The molecule has 0 aromatic carbocycles. The molecule has 1 heterocycles. The van der Waals surface area contributed by atoms with Gasteiger partial charge in [-0.2, -0.15) is 0 Å². The molecule has 3 N–H and O–H groups in total. The van der Waals surface area contributed by atoms with E-state index in [2.05, 4.69) is 12.2 Å². The quantitative estimate of drug-likeness (QED) is 0.682. The molecule has 2 rings (SSSR count). The van der Waals surface area contributed by atoms with Crippen LogP contribution in [-0.4, -0.2) is 42.0 Å². The molecule has 0 bridgehead atoms. The fourth-order valence-electron chi connectivity index (χ4n) is 2.83. The van der Waals surface area contributed by atoms with Gasteiger partial charge < -0.3 is 16.0 Å². The summed E-state index contributed by atoms with van der Waals surface area (Å²) in [5, 5.41) is 3.35.